The molecule has 0 aromatic heterocycles. The van der Waals surface area contributed by atoms with Crippen molar-refractivity contribution in [3.8, 4) is 5.75 Å². The number of rotatable bonds is 6. The lowest BCUT2D eigenvalue weighted by atomic mass is 10.1. The van der Waals surface area contributed by atoms with E-state index in [2.05, 4.69) is 24.7 Å². The van der Waals surface area contributed by atoms with Crippen LogP contribution < -0.4 is 9.80 Å². The van der Waals surface area contributed by atoms with Gasteiger partial charge in [0.15, 0.2) is 0 Å². The molecule has 1 N–H and O–H groups in total. The second kappa shape index (κ2) is 8.36. The third kappa shape index (κ3) is 4.06. The Kier molecular flexibility index (Phi) is 6.21. The zero-order valence-electron chi connectivity index (χ0n) is 14.3. The number of anilines is 1. The number of hydrogen-bond donors (Lipinski definition) is 1. The second-order valence-electron chi connectivity index (χ2n) is 5.35. The molecule has 0 saturated heterocycles. The zero-order valence-corrected chi connectivity index (χ0v) is 14.3. The van der Waals surface area contributed by atoms with E-state index in [-0.39, 0.29) is 6.61 Å². The van der Waals surface area contributed by atoms with Crippen molar-refractivity contribution < 1.29 is 19.5 Å². The Morgan fingerprint density at radius 3 is 2.50 bits per heavy atom. The second-order valence-corrected chi connectivity index (χ2v) is 5.35. The van der Waals surface area contributed by atoms with E-state index in [1.54, 1.807) is 18.2 Å². The van der Waals surface area contributed by atoms with E-state index in [4.69, 9.17) is 4.74 Å². The molecule has 24 heavy (non-hydrogen) atoms. The number of carbonyl (C=O) groups excluding carboxylic acids is 1. The van der Waals surface area contributed by atoms with Crippen molar-refractivity contribution in [2.75, 3.05) is 12.2 Å². The molecule has 2 rings (SSSR count). The van der Waals surface area contributed by atoms with Crippen molar-refractivity contribution in [1.29, 1.82) is 0 Å². The third-order valence-electron chi connectivity index (χ3n) is 3.86. The Hall–Kier alpha value is -2.53. The number of nitrogens with zero attached hydrogens (tertiary/aromatic N) is 1. The van der Waals surface area contributed by atoms with Crippen LogP contribution in [0.3, 0.4) is 0 Å². The lowest BCUT2D eigenvalue weighted by molar-refractivity contribution is 0.140. The van der Waals surface area contributed by atoms with E-state index in [9.17, 15) is 10.0 Å². The Morgan fingerprint density at radius 2 is 1.83 bits per heavy atom. The van der Waals surface area contributed by atoms with Crippen LogP contribution in [0.2, 0.25) is 0 Å². The number of aryl methyl sites for hydroxylation is 2. The summed E-state index contributed by atoms with van der Waals surface area (Å²) in [4.78, 5) is 11.5. The quantitative estimate of drug-likeness (QED) is 0.632. The van der Waals surface area contributed by atoms with Gasteiger partial charge in [0.25, 0.3) is 0 Å². The van der Waals surface area contributed by atoms with E-state index in [0.717, 1.165) is 24.2 Å². The van der Waals surface area contributed by atoms with Crippen LogP contribution in [-0.4, -0.2) is 18.4 Å². The van der Waals surface area contributed by atoms with E-state index in [0.29, 0.717) is 16.3 Å². The van der Waals surface area contributed by atoms with Crippen LogP contribution in [0.1, 0.15) is 30.5 Å². The molecular weight excluding hydrogens is 306 g/mol. The summed E-state index contributed by atoms with van der Waals surface area (Å²) in [5.41, 5.74) is 3.44. The van der Waals surface area contributed by atoms with Gasteiger partial charge in [0.1, 0.15) is 12.4 Å². The van der Waals surface area contributed by atoms with E-state index in [1.165, 1.54) is 12.7 Å². The SMILES string of the molecule is CCc1ccc(OCc2ccccc2N(O)C(=O)OC)c(CC)c1. The fourth-order valence-corrected chi connectivity index (χ4v) is 2.45. The lowest BCUT2D eigenvalue weighted by Gasteiger charge is -2.18. The Balaban J connectivity index is 2.20. The first kappa shape index (κ1) is 17.8. The van der Waals surface area contributed by atoms with Gasteiger partial charge in [-0.2, -0.15) is 5.06 Å². The Labute approximate surface area is 142 Å². The maximum absolute atomic E-state index is 11.5. The topological polar surface area (TPSA) is 59.0 Å². The molecule has 0 bridgehead atoms. The molecule has 0 fully saturated rings. The predicted octanol–water partition coefficient (Wildman–Crippen LogP) is 4.35. The van der Waals surface area contributed by atoms with Gasteiger partial charge >= 0.3 is 6.09 Å². The molecule has 0 aliphatic rings. The van der Waals surface area contributed by atoms with E-state index < -0.39 is 6.09 Å². The molecule has 0 unspecified atom stereocenters. The predicted molar refractivity (Wildman–Crippen MR) is 92.6 cm³/mol. The normalized spacial score (nSPS) is 10.3. The number of para-hydroxylation sites is 1. The molecule has 5 nitrogen and oxygen atoms in total. The van der Waals surface area contributed by atoms with E-state index in [1.807, 2.05) is 18.2 Å². The molecular formula is C19H23NO4. The number of hydroxylamine groups is 1. The highest BCUT2D eigenvalue weighted by molar-refractivity contribution is 5.85. The monoisotopic (exact) mass is 329 g/mol. The number of benzene rings is 2. The largest absolute Gasteiger partial charge is 0.489 e. The van der Waals surface area contributed by atoms with Gasteiger partial charge in [0.05, 0.1) is 12.8 Å². The highest BCUT2D eigenvalue weighted by Crippen LogP contribution is 2.25. The van der Waals surface area contributed by atoms with Crippen molar-refractivity contribution in [3.05, 3.63) is 59.2 Å². The summed E-state index contributed by atoms with van der Waals surface area (Å²) in [5.74, 6) is 0.812. The summed E-state index contributed by atoms with van der Waals surface area (Å²) in [6.07, 6.45) is 1.01. The standard InChI is InChI=1S/C19H23NO4/c1-4-14-10-11-18(15(5-2)12-14)24-13-16-8-6-7-9-17(16)20(22)19(21)23-3/h6-12,22H,4-5,13H2,1-3H3. The minimum atomic E-state index is -0.844. The Bertz CT molecular complexity index is 700. The van der Waals surface area contributed by atoms with Gasteiger partial charge in [-0.15, -0.1) is 0 Å². The molecule has 2 aromatic carbocycles. The van der Waals surface area contributed by atoms with Crippen LogP contribution in [0.4, 0.5) is 10.5 Å². The minimum absolute atomic E-state index is 0.239. The number of amides is 1. The number of hydrogen-bond acceptors (Lipinski definition) is 4. The molecule has 1 amide bonds. The summed E-state index contributed by atoms with van der Waals surface area (Å²) < 4.78 is 10.5. The highest BCUT2D eigenvalue weighted by Gasteiger charge is 2.17. The first-order valence-electron chi connectivity index (χ1n) is 8.00. The van der Waals surface area contributed by atoms with Crippen molar-refractivity contribution in [2.45, 2.75) is 33.3 Å². The first-order valence-corrected chi connectivity index (χ1v) is 8.00. The molecule has 0 aliphatic carbocycles. The average molecular weight is 329 g/mol. The first-order chi connectivity index (χ1) is 11.6. The minimum Gasteiger partial charge on any atom is -0.489 e. The molecule has 0 atom stereocenters. The van der Waals surface area contributed by atoms with Crippen LogP contribution in [0.25, 0.3) is 0 Å². The van der Waals surface area contributed by atoms with Gasteiger partial charge in [-0.25, -0.2) is 4.79 Å². The van der Waals surface area contributed by atoms with Crippen molar-refractivity contribution in [1.82, 2.24) is 0 Å². The van der Waals surface area contributed by atoms with Crippen LogP contribution in [0.15, 0.2) is 42.5 Å². The van der Waals surface area contributed by atoms with Gasteiger partial charge in [-0.1, -0.05) is 44.2 Å². The van der Waals surface area contributed by atoms with Gasteiger partial charge < -0.3 is 9.47 Å². The van der Waals surface area contributed by atoms with Gasteiger partial charge in [-0.05, 0) is 36.1 Å². The molecule has 5 heteroatoms. The average Bonchev–Trinajstić information content (AvgIpc) is 2.65. The molecule has 0 radical (unpaired) electrons. The Morgan fingerprint density at radius 1 is 1.08 bits per heavy atom. The van der Waals surface area contributed by atoms with Crippen LogP contribution in [0.5, 0.6) is 5.75 Å². The fraction of sp³-hybridized carbons (Fsp3) is 0.316. The van der Waals surface area contributed by atoms with Gasteiger partial charge in [0.2, 0.25) is 0 Å². The molecule has 128 valence electrons. The lowest BCUT2D eigenvalue weighted by Crippen LogP contribution is -2.27. The summed E-state index contributed by atoms with van der Waals surface area (Å²) in [5, 5.41) is 10.4. The van der Waals surface area contributed by atoms with Crippen molar-refractivity contribution in [2.24, 2.45) is 0 Å². The molecule has 0 saturated carbocycles. The maximum atomic E-state index is 11.5. The molecule has 2 aromatic rings. The number of carbonyl (C=O) groups is 1. The fourth-order valence-electron chi connectivity index (χ4n) is 2.45. The van der Waals surface area contributed by atoms with Crippen molar-refractivity contribution in [3.63, 3.8) is 0 Å². The summed E-state index contributed by atoms with van der Waals surface area (Å²) in [6.45, 7) is 4.44. The summed E-state index contributed by atoms with van der Waals surface area (Å²) in [7, 11) is 1.22. The summed E-state index contributed by atoms with van der Waals surface area (Å²) in [6, 6.07) is 13.2. The molecule has 0 spiro atoms. The smallest absolute Gasteiger partial charge is 0.438 e. The van der Waals surface area contributed by atoms with E-state index >= 15 is 0 Å². The van der Waals surface area contributed by atoms with Crippen LogP contribution in [0, 0.1) is 0 Å². The van der Waals surface area contributed by atoms with Crippen molar-refractivity contribution >= 4 is 11.8 Å². The molecule has 0 heterocycles. The highest BCUT2D eigenvalue weighted by atomic mass is 16.6. The van der Waals surface area contributed by atoms with Crippen LogP contribution in [-0.2, 0) is 24.2 Å². The van der Waals surface area contributed by atoms with Gasteiger partial charge in [-0.3, -0.25) is 5.21 Å². The third-order valence-corrected chi connectivity index (χ3v) is 3.86. The number of methoxy groups -OCH3 is 1. The maximum Gasteiger partial charge on any atom is 0.438 e. The summed E-state index contributed by atoms with van der Waals surface area (Å²) >= 11 is 0. The van der Waals surface area contributed by atoms with Crippen LogP contribution >= 0.6 is 0 Å². The number of ether oxygens (including phenoxy) is 2. The zero-order chi connectivity index (χ0) is 17.5. The van der Waals surface area contributed by atoms with Gasteiger partial charge in [0, 0.05) is 5.56 Å². The molecule has 0 aliphatic heterocycles.